The van der Waals surface area contributed by atoms with E-state index >= 15 is 0 Å². The van der Waals surface area contributed by atoms with Gasteiger partial charge in [0.1, 0.15) is 0 Å². The minimum absolute atomic E-state index is 0. The summed E-state index contributed by atoms with van der Waals surface area (Å²) in [4.78, 5) is 30.1. The number of rotatable bonds is 8. The van der Waals surface area contributed by atoms with Crippen molar-refractivity contribution in [2.24, 2.45) is 4.99 Å². The Balaban J connectivity index is 0.00000338. The van der Waals surface area contributed by atoms with E-state index < -0.39 is 0 Å². The molecule has 1 aliphatic rings. The number of benzene rings is 1. The summed E-state index contributed by atoms with van der Waals surface area (Å²) in [6.45, 7) is 6.41. The highest BCUT2D eigenvalue weighted by Gasteiger charge is 2.27. The largest absolute Gasteiger partial charge is 0.357 e. The number of hydrogen-bond acceptors (Lipinski definition) is 4. The molecule has 3 amide bonds. The lowest BCUT2D eigenvalue weighted by Crippen LogP contribution is -2.43. The number of hydrogen-bond donors (Lipinski definition) is 3. The lowest BCUT2D eigenvalue weighted by molar-refractivity contribution is -0.124. The number of nitrogens with one attached hydrogen (secondary N) is 3. The van der Waals surface area contributed by atoms with E-state index in [1.165, 1.54) is 9.80 Å². The Bertz CT molecular complexity index is 598. The fourth-order valence-corrected chi connectivity index (χ4v) is 3.23. The van der Waals surface area contributed by atoms with Crippen LogP contribution in [0.15, 0.2) is 40.2 Å². The Morgan fingerprint density at radius 1 is 1.31 bits per heavy atom. The highest BCUT2D eigenvalue weighted by Crippen LogP contribution is 2.22. The maximum absolute atomic E-state index is 11.5. The standard InChI is InChI=1S/C17H25N5O2S.HI/c1-3-18-16(19-9-10-22-15(23)12-21-17(22)24)20-11-13(2)25-14-7-5-4-6-8-14;/h4-8,13H,3,9-12H2,1-2H3,(H,21,24)(H2,18,19,20);1H. The fraction of sp³-hybridized carbons (Fsp3) is 0.471. The van der Waals surface area contributed by atoms with Gasteiger partial charge >= 0.3 is 6.03 Å². The molecule has 1 fully saturated rings. The van der Waals surface area contributed by atoms with Crippen molar-refractivity contribution in [1.82, 2.24) is 20.9 Å². The number of guanidine groups is 1. The summed E-state index contributed by atoms with van der Waals surface area (Å²) in [7, 11) is 0. The van der Waals surface area contributed by atoms with Crippen molar-refractivity contribution in [3.63, 3.8) is 0 Å². The second kappa shape index (κ2) is 12.0. The smallest absolute Gasteiger partial charge is 0.324 e. The van der Waals surface area contributed by atoms with Crippen molar-refractivity contribution in [3.05, 3.63) is 30.3 Å². The number of imide groups is 1. The van der Waals surface area contributed by atoms with Crippen LogP contribution >= 0.6 is 35.7 Å². The predicted octanol–water partition coefficient (Wildman–Crippen LogP) is 1.89. The Kier molecular flexibility index (Phi) is 10.4. The van der Waals surface area contributed by atoms with E-state index in [0.717, 1.165) is 6.54 Å². The number of carbonyl (C=O) groups excluding carboxylic acids is 2. The predicted molar refractivity (Wildman–Crippen MR) is 116 cm³/mol. The topological polar surface area (TPSA) is 85.8 Å². The van der Waals surface area contributed by atoms with Gasteiger partial charge in [0.25, 0.3) is 0 Å². The normalized spacial score (nSPS) is 15.3. The quantitative estimate of drug-likeness (QED) is 0.170. The Morgan fingerprint density at radius 3 is 2.65 bits per heavy atom. The Morgan fingerprint density at radius 2 is 2.04 bits per heavy atom. The van der Waals surface area contributed by atoms with Gasteiger partial charge in [-0.25, -0.2) is 4.79 Å². The first-order valence-corrected chi connectivity index (χ1v) is 9.30. The molecule has 1 atom stereocenters. The third kappa shape index (κ3) is 7.40. The van der Waals surface area contributed by atoms with Crippen molar-refractivity contribution >= 4 is 53.6 Å². The zero-order chi connectivity index (χ0) is 18.1. The lowest BCUT2D eigenvalue weighted by atomic mass is 10.4. The number of aliphatic imine (C=N–C) groups is 1. The van der Waals surface area contributed by atoms with E-state index in [0.29, 0.717) is 30.8 Å². The van der Waals surface area contributed by atoms with Crippen LogP contribution in [0.4, 0.5) is 4.79 Å². The highest BCUT2D eigenvalue weighted by molar-refractivity contribution is 14.0. The number of amides is 3. The minimum Gasteiger partial charge on any atom is -0.357 e. The summed E-state index contributed by atoms with van der Waals surface area (Å²) in [5.74, 6) is 0.497. The van der Waals surface area contributed by atoms with Crippen LogP contribution in [0.5, 0.6) is 0 Å². The minimum atomic E-state index is -0.332. The summed E-state index contributed by atoms with van der Waals surface area (Å²) < 4.78 is 0. The molecule has 7 nitrogen and oxygen atoms in total. The first-order chi connectivity index (χ1) is 12.1. The van der Waals surface area contributed by atoms with Gasteiger partial charge < -0.3 is 16.0 Å². The van der Waals surface area contributed by atoms with Crippen LogP contribution in [-0.4, -0.2) is 60.8 Å². The molecule has 0 saturated carbocycles. The third-order valence-electron chi connectivity index (χ3n) is 3.50. The molecular formula is C17H26IN5O2S. The molecular weight excluding hydrogens is 465 g/mol. The molecule has 0 spiro atoms. The Hall–Kier alpha value is -1.49. The van der Waals surface area contributed by atoms with Crippen molar-refractivity contribution in [1.29, 1.82) is 0 Å². The van der Waals surface area contributed by atoms with E-state index in [1.807, 2.05) is 25.1 Å². The van der Waals surface area contributed by atoms with E-state index in [9.17, 15) is 9.59 Å². The van der Waals surface area contributed by atoms with Crippen LogP contribution in [0.25, 0.3) is 0 Å². The molecule has 144 valence electrons. The average Bonchev–Trinajstić information content (AvgIpc) is 2.92. The molecule has 1 unspecified atom stereocenters. The maximum atomic E-state index is 11.5. The van der Waals surface area contributed by atoms with E-state index in [-0.39, 0.29) is 42.5 Å². The van der Waals surface area contributed by atoms with Gasteiger partial charge in [-0.15, -0.1) is 35.7 Å². The number of nitrogens with zero attached hydrogens (tertiary/aromatic N) is 2. The van der Waals surface area contributed by atoms with Crippen molar-refractivity contribution in [2.75, 3.05) is 32.7 Å². The molecule has 9 heteroatoms. The van der Waals surface area contributed by atoms with Crippen LogP contribution in [0.3, 0.4) is 0 Å². The molecule has 0 aliphatic carbocycles. The summed E-state index contributed by atoms with van der Waals surface area (Å²) in [6.07, 6.45) is 0. The molecule has 0 aromatic heterocycles. The van der Waals surface area contributed by atoms with Crippen LogP contribution in [-0.2, 0) is 4.79 Å². The van der Waals surface area contributed by atoms with E-state index in [2.05, 4.69) is 40.0 Å². The van der Waals surface area contributed by atoms with Crippen molar-refractivity contribution in [2.45, 2.75) is 24.0 Å². The SMILES string of the molecule is CCNC(=NCC(C)Sc1ccccc1)NCCN1C(=O)CNC1=O.I. The van der Waals surface area contributed by atoms with Crippen LogP contribution in [0, 0.1) is 0 Å². The number of thioether (sulfide) groups is 1. The zero-order valence-corrected chi connectivity index (χ0v) is 18.2. The van der Waals surface area contributed by atoms with Crippen LogP contribution < -0.4 is 16.0 Å². The van der Waals surface area contributed by atoms with Crippen molar-refractivity contribution < 1.29 is 9.59 Å². The highest BCUT2D eigenvalue weighted by atomic mass is 127. The number of carbonyl (C=O) groups is 2. The summed E-state index contributed by atoms with van der Waals surface area (Å²) >= 11 is 1.78. The van der Waals surface area contributed by atoms with Crippen molar-refractivity contribution in [3.8, 4) is 0 Å². The molecule has 3 N–H and O–H groups in total. The monoisotopic (exact) mass is 491 g/mol. The van der Waals surface area contributed by atoms with Gasteiger partial charge in [-0.3, -0.25) is 14.7 Å². The zero-order valence-electron chi connectivity index (χ0n) is 15.0. The molecule has 1 saturated heterocycles. The molecule has 0 bridgehead atoms. The second-order valence-electron chi connectivity index (χ2n) is 5.59. The lowest BCUT2D eigenvalue weighted by Gasteiger charge is -2.16. The molecule has 0 radical (unpaired) electrons. The van der Waals surface area contributed by atoms with Gasteiger partial charge in [0.05, 0.1) is 13.1 Å². The number of halogens is 1. The van der Waals surface area contributed by atoms with Gasteiger partial charge in [0.2, 0.25) is 5.91 Å². The molecule has 1 heterocycles. The fourth-order valence-electron chi connectivity index (χ4n) is 2.30. The second-order valence-corrected chi connectivity index (χ2v) is 7.10. The number of urea groups is 1. The molecule has 26 heavy (non-hydrogen) atoms. The summed E-state index contributed by atoms with van der Waals surface area (Å²) in [5, 5.41) is 9.18. The third-order valence-corrected chi connectivity index (χ3v) is 4.59. The van der Waals surface area contributed by atoms with Crippen LogP contribution in [0.1, 0.15) is 13.8 Å². The van der Waals surface area contributed by atoms with Gasteiger partial charge in [0, 0.05) is 29.8 Å². The summed E-state index contributed by atoms with van der Waals surface area (Å²) in [5.41, 5.74) is 0. The first kappa shape index (κ1) is 22.6. The van der Waals surface area contributed by atoms with Crippen LogP contribution in [0.2, 0.25) is 0 Å². The van der Waals surface area contributed by atoms with Gasteiger partial charge in [-0.1, -0.05) is 25.1 Å². The maximum Gasteiger partial charge on any atom is 0.324 e. The summed E-state index contributed by atoms with van der Waals surface area (Å²) in [6, 6.07) is 9.91. The first-order valence-electron chi connectivity index (χ1n) is 8.42. The Labute approximate surface area is 175 Å². The van der Waals surface area contributed by atoms with Gasteiger partial charge in [0.15, 0.2) is 5.96 Å². The molecule has 1 aliphatic heterocycles. The molecule has 1 aromatic rings. The average molecular weight is 491 g/mol. The van der Waals surface area contributed by atoms with E-state index in [1.54, 1.807) is 11.8 Å². The van der Waals surface area contributed by atoms with E-state index in [4.69, 9.17) is 0 Å². The van der Waals surface area contributed by atoms with Gasteiger partial charge in [-0.05, 0) is 19.1 Å². The molecule has 2 rings (SSSR count). The van der Waals surface area contributed by atoms with Gasteiger partial charge in [-0.2, -0.15) is 0 Å². The molecule has 1 aromatic carbocycles.